The van der Waals surface area contributed by atoms with Crippen LogP contribution in [0.15, 0.2) is 35.6 Å². The number of aliphatic imine (C=N–C) groups is 1. The third-order valence-electron chi connectivity index (χ3n) is 5.10. The van der Waals surface area contributed by atoms with Crippen molar-refractivity contribution in [1.82, 2.24) is 25.2 Å². The third kappa shape index (κ3) is 5.93. The molecule has 0 atom stereocenters. The molecule has 0 radical (unpaired) electrons. The van der Waals surface area contributed by atoms with E-state index in [0.29, 0.717) is 12.5 Å². The van der Waals surface area contributed by atoms with Crippen LogP contribution in [0.1, 0.15) is 31.8 Å². The van der Waals surface area contributed by atoms with Gasteiger partial charge in [-0.05, 0) is 24.8 Å². The quantitative estimate of drug-likeness (QED) is 0.263. The molecule has 3 rings (SSSR count). The number of aryl methyl sites for hydroxylation is 1. The normalized spacial score (nSPS) is 11.9. The van der Waals surface area contributed by atoms with E-state index in [4.69, 9.17) is 9.47 Å². The average molecular weight is 427 g/mol. The number of aromatic nitrogens is 3. The second kappa shape index (κ2) is 10.7. The molecule has 8 heteroatoms. The summed E-state index contributed by atoms with van der Waals surface area (Å²) in [5.74, 6) is 3.97. The van der Waals surface area contributed by atoms with Crippen molar-refractivity contribution in [2.75, 3.05) is 27.8 Å². The smallest absolute Gasteiger partial charge is 0.191 e. The Morgan fingerprint density at radius 3 is 2.74 bits per heavy atom. The number of hydrogen-bond donors (Lipinski definition) is 3. The summed E-state index contributed by atoms with van der Waals surface area (Å²) in [6.45, 7) is 6.83. The van der Waals surface area contributed by atoms with Crippen molar-refractivity contribution in [1.29, 1.82) is 0 Å². The number of guanidine groups is 1. The van der Waals surface area contributed by atoms with Crippen LogP contribution in [0, 0.1) is 5.92 Å². The van der Waals surface area contributed by atoms with Crippen molar-refractivity contribution in [2.24, 2.45) is 10.9 Å². The van der Waals surface area contributed by atoms with E-state index in [1.807, 2.05) is 24.5 Å². The first-order valence-electron chi connectivity index (χ1n) is 10.7. The highest BCUT2D eigenvalue weighted by molar-refractivity contribution is 5.88. The summed E-state index contributed by atoms with van der Waals surface area (Å²) in [5.41, 5.74) is 2.19. The highest BCUT2D eigenvalue weighted by Crippen LogP contribution is 2.31. The maximum Gasteiger partial charge on any atom is 0.191 e. The molecule has 0 aliphatic carbocycles. The average Bonchev–Trinajstić information content (AvgIpc) is 3.38. The summed E-state index contributed by atoms with van der Waals surface area (Å²) < 4.78 is 13.0. The molecule has 0 spiro atoms. The Kier molecular flexibility index (Phi) is 7.81. The first kappa shape index (κ1) is 22.5. The molecule has 8 nitrogen and oxygen atoms in total. The standard InChI is InChI=1S/C23H34N6O2/c1-16(2)15-29-10-9-25-22(29)14-27-23(24-3)26-8-6-7-17-11-19-20(28-17)12-18(30-4)13-21(19)31-5/h9-13,16,28H,6-8,14-15H2,1-5H3,(H2,24,26,27). The summed E-state index contributed by atoms with van der Waals surface area (Å²) in [6.07, 6.45) is 5.76. The van der Waals surface area contributed by atoms with Crippen LogP contribution in [0.2, 0.25) is 0 Å². The predicted molar refractivity (Wildman–Crippen MR) is 125 cm³/mol. The first-order chi connectivity index (χ1) is 15.0. The molecule has 1 aromatic carbocycles. The Morgan fingerprint density at radius 1 is 1.19 bits per heavy atom. The lowest BCUT2D eigenvalue weighted by atomic mass is 10.2. The van der Waals surface area contributed by atoms with Crippen LogP contribution >= 0.6 is 0 Å². The van der Waals surface area contributed by atoms with Crippen molar-refractivity contribution in [3.63, 3.8) is 0 Å². The van der Waals surface area contributed by atoms with Crippen LogP contribution < -0.4 is 20.1 Å². The van der Waals surface area contributed by atoms with Crippen molar-refractivity contribution >= 4 is 16.9 Å². The summed E-state index contributed by atoms with van der Waals surface area (Å²) >= 11 is 0. The third-order valence-corrected chi connectivity index (χ3v) is 5.10. The number of benzene rings is 1. The summed E-state index contributed by atoms with van der Waals surface area (Å²) in [4.78, 5) is 12.2. The number of methoxy groups -OCH3 is 2. The lowest BCUT2D eigenvalue weighted by molar-refractivity contribution is 0.398. The van der Waals surface area contributed by atoms with E-state index in [1.54, 1.807) is 21.3 Å². The van der Waals surface area contributed by atoms with Crippen molar-refractivity contribution in [3.05, 3.63) is 42.1 Å². The second-order valence-electron chi connectivity index (χ2n) is 7.93. The number of H-pyrrole nitrogens is 1. The molecule has 0 unspecified atom stereocenters. The highest BCUT2D eigenvalue weighted by Gasteiger charge is 2.10. The van der Waals surface area contributed by atoms with E-state index in [9.17, 15) is 0 Å². The van der Waals surface area contributed by atoms with Gasteiger partial charge in [-0.1, -0.05) is 13.8 Å². The zero-order chi connectivity index (χ0) is 22.2. The predicted octanol–water partition coefficient (Wildman–Crippen LogP) is 3.34. The molecule has 3 N–H and O–H groups in total. The zero-order valence-electron chi connectivity index (χ0n) is 19.2. The van der Waals surface area contributed by atoms with Crippen LogP contribution in [0.4, 0.5) is 0 Å². The fraction of sp³-hybridized carbons (Fsp3) is 0.478. The molecule has 31 heavy (non-hydrogen) atoms. The van der Waals surface area contributed by atoms with Gasteiger partial charge in [0, 0.05) is 55.7 Å². The minimum Gasteiger partial charge on any atom is -0.497 e. The highest BCUT2D eigenvalue weighted by atomic mass is 16.5. The number of imidazole rings is 1. The van der Waals surface area contributed by atoms with Gasteiger partial charge in [-0.3, -0.25) is 4.99 Å². The minimum absolute atomic E-state index is 0.580. The molecule has 168 valence electrons. The van der Waals surface area contributed by atoms with Gasteiger partial charge < -0.3 is 29.7 Å². The molecule has 0 bridgehead atoms. The van der Waals surface area contributed by atoms with Gasteiger partial charge in [0.05, 0.1) is 26.3 Å². The Morgan fingerprint density at radius 2 is 2.03 bits per heavy atom. The molecular weight excluding hydrogens is 392 g/mol. The van der Waals surface area contributed by atoms with E-state index >= 15 is 0 Å². The van der Waals surface area contributed by atoms with Crippen LogP contribution in [0.5, 0.6) is 11.5 Å². The van der Waals surface area contributed by atoms with Gasteiger partial charge in [0.25, 0.3) is 0 Å². The summed E-state index contributed by atoms with van der Waals surface area (Å²) in [7, 11) is 5.13. The van der Waals surface area contributed by atoms with E-state index < -0.39 is 0 Å². The Bertz CT molecular complexity index is 1000. The molecule has 0 saturated heterocycles. The lowest BCUT2D eigenvalue weighted by Crippen LogP contribution is -2.38. The monoisotopic (exact) mass is 426 g/mol. The Hall–Kier alpha value is -3.16. The van der Waals surface area contributed by atoms with Gasteiger partial charge in [0.1, 0.15) is 17.3 Å². The van der Waals surface area contributed by atoms with Gasteiger partial charge in [-0.25, -0.2) is 4.98 Å². The maximum absolute atomic E-state index is 5.50. The van der Waals surface area contributed by atoms with E-state index in [1.165, 1.54) is 5.69 Å². The molecule has 2 heterocycles. The molecule has 0 aliphatic rings. The molecule has 0 saturated carbocycles. The maximum atomic E-state index is 5.50. The van der Waals surface area contributed by atoms with Crippen LogP contribution in [-0.4, -0.2) is 48.3 Å². The van der Waals surface area contributed by atoms with Gasteiger partial charge in [0.2, 0.25) is 0 Å². The topological polar surface area (TPSA) is 88.5 Å². The molecule has 0 fully saturated rings. The van der Waals surface area contributed by atoms with E-state index in [2.05, 4.69) is 50.1 Å². The number of nitrogens with one attached hydrogen (secondary N) is 3. The minimum atomic E-state index is 0.580. The number of ether oxygens (including phenoxy) is 2. The van der Waals surface area contributed by atoms with Gasteiger partial charge in [0.15, 0.2) is 5.96 Å². The first-order valence-corrected chi connectivity index (χ1v) is 10.7. The molecule has 3 aromatic rings. The van der Waals surface area contributed by atoms with E-state index in [-0.39, 0.29) is 0 Å². The molecular formula is C23H34N6O2. The largest absolute Gasteiger partial charge is 0.497 e. The number of rotatable bonds is 10. The van der Waals surface area contributed by atoms with Crippen LogP contribution in [0.3, 0.4) is 0 Å². The van der Waals surface area contributed by atoms with Crippen LogP contribution in [-0.2, 0) is 19.5 Å². The van der Waals surface area contributed by atoms with Gasteiger partial charge in [-0.2, -0.15) is 0 Å². The Labute approximate surface area is 184 Å². The van der Waals surface area contributed by atoms with Crippen molar-refractivity contribution < 1.29 is 9.47 Å². The van der Waals surface area contributed by atoms with Gasteiger partial charge in [-0.15, -0.1) is 0 Å². The molecule has 0 aliphatic heterocycles. The number of aromatic amines is 1. The van der Waals surface area contributed by atoms with Gasteiger partial charge >= 0.3 is 0 Å². The Balaban J connectivity index is 1.49. The zero-order valence-corrected chi connectivity index (χ0v) is 19.2. The lowest BCUT2D eigenvalue weighted by Gasteiger charge is -2.14. The summed E-state index contributed by atoms with van der Waals surface area (Å²) in [5, 5.41) is 7.80. The van der Waals surface area contributed by atoms with Crippen LogP contribution in [0.25, 0.3) is 10.9 Å². The molecule has 2 aromatic heterocycles. The molecule has 0 amide bonds. The fourth-order valence-corrected chi connectivity index (χ4v) is 3.59. The summed E-state index contributed by atoms with van der Waals surface area (Å²) in [6, 6.07) is 6.05. The SMILES string of the molecule is CN=C(NCCCc1cc2c(OC)cc(OC)cc2[nH]1)NCc1nccn1CC(C)C. The number of hydrogen-bond acceptors (Lipinski definition) is 4. The van der Waals surface area contributed by atoms with Crippen molar-refractivity contribution in [3.8, 4) is 11.5 Å². The number of fused-ring (bicyclic) bond motifs is 1. The second-order valence-corrected chi connectivity index (χ2v) is 7.93. The van der Waals surface area contributed by atoms with Crippen molar-refractivity contribution in [2.45, 2.75) is 39.8 Å². The number of nitrogens with zero attached hydrogens (tertiary/aromatic N) is 3. The van der Waals surface area contributed by atoms with E-state index in [0.717, 1.165) is 60.1 Å². The fourth-order valence-electron chi connectivity index (χ4n) is 3.59.